The van der Waals surface area contributed by atoms with Crippen molar-refractivity contribution in [3.05, 3.63) is 58.9 Å². The number of aromatic nitrogens is 1. The van der Waals surface area contributed by atoms with E-state index in [-0.39, 0.29) is 12.5 Å². The Kier molecular flexibility index (Phi) is 6.72. The maximum Gasteiger partial charge on any atom is 0.267 e. The van der Waals surface area contributed by atoms with Crippen molar-refractivity contribution in [2.24, 2.45) is 0 Å². The highest BCUT2D eigenvalue weighted by Crippen LogP contribution is 2.35. The minimum absolute atomic E-state index is 0.0149. The molecule has 1 atom stereocenters. The van der Waals surface area contributed by atoms with E-state index in [1.807, 2.05) is 29.2 Å². The van der Waals surface area contributed by atoms with Gasteiger partial charge in [-0.25, -0.2) is 4.98 Å². The van der Waals surface area contributed by atoms with Gasteiger partial charge in [0.25, 0.3) is 5.91 Å². The SMILES string of the molecule is CCN(CC)c1ccc(-c2csc(C3CCN(C(=O)C4COc5ccccc5O4)CC3)n2)cc1. The maximum atomic E-state index is 13.0. The molecule has 1 amide bonds. The van der Waals surface area contributed by atoms with Gasteiger partial charge in [0, 0.05) is 48.7 Å². The Balaban J connectivity index is 1.18. The lowest BCUT2D eigenvalue weighted by Gasteiger charge is -2.34. The van der Waals surface area contributed by atoms with Crippen LogP contribution in [0.3, 0.4) is 0 Å². The first-order valence-electron chi connectivity index (χ1n) is 12.1. The van der Waals surface area contributed by atoms with Crippen molar-refractivity contribution < 1.29 is 14.3 Å². The number of para-hydroxylation sites is 2. The summed E-state index contributed by atoms with van der Waals surface area (Å²) in [6, 6.07) is 16.2. The summed E-state index contributed by atoms with van der Waals surface area (Å²) in [5.74, 6) is 1.75. The Bertz CT molecular complexity index is 1120. The van der Waals surface area contributed by atoms with Gasteiger partial charge in [-0.2, -0.15) is 0 Å². The van der Waals surface area contributed by atoms with E-state index < -0.39 is 6.10 Å². The zero-order chi connectivity index (χ0) is 23.5. The average molecular weight is 478 g/mol. The number of hydrogen-bond donors (Lipinski definition) is 0. The Labute approximate surface area is 205 Å². The predicted octanol–water partition coefficient (Wildman–Crippen LogP) is 5.20. The maximum absolute atomic E-state index is 13.0. The summed E-state index contributed by atoms with van der Waals surface area (Å²) in [7, 11) is 0. The van der Waals surface area contributed by atoms with Crippen LogP contribution in [0.15, 0.2) is 53.9 Å². The first-order chi connectivity index (χ1) is 16.7. The summed E-state index contributed by atoms with van der Waals surface area (Å²) in [6.45, 7) is 8.07. The summed E-state index contributed by atoms with van der Waals surface area (Å²) in [4.78, 5) is 22.2. The minimum Gasteiger partial charge on any atom is -0.485 e. The Morgan fingerprint density at radius 3 is 2.47 bits per heavy atom. The van der Waals surface area contributed by atoms with E-state index in [0.717, 1.165) is 50.3 Å². The van der Waals surface area contributed by atoms with Crippen molar-refractivity contribution in [3.63, 3.8) is 0 Å². The lowest BCUT2D eigenvalue weighted by molar-refractivity contribution is -0.142. The summed E-state index contributed by atoms with van der Waals surface area (Å²) in [6.07, 6.45) is 1.27. The number of carbonyl (C=O) groups is 1. The molecule has 1 fully saturated rings. The summed E-state index contributed by atoms with van der Waals surface area (Å²) >= 11 is 1.73. The van der Waals surface area contributed by atoms with Crippen LogP contribution in [0.5, 0.6) is 11.5 Å². The Morgan fingerprint density at radius 1 is 1.06 bits per heavy atom. The van der Waals surface area contributed by atoms with Crippen LogP contribution in [-0.2, 0) is 4.79 Å². The number of benzene rings is 2. The van der Waals surface area contributed by atoms with Gasteiger partial charge in [0.05, 0.1) is 10.7 Å². The van der Waals surface area contributed by atoms with Crippen LogP contribution in [0, 0.1) is 0 Å². The van der Waals surface area contributed by atoms with Crippen molar-refractivity contribution in [1.82, 2.24) is 9.88 Å². The molecule has 34 heavy (non-hydrogen) atoms. The second-order valence-corrected chi connectivity index (χ2v) is 9.64. The van der Waals surface area contributed by atoms with E-state index in [1.165, 1.54) is 10.7 Å². The molecule has 0 bridgehead atoms. The molecule has 0 radical (unpaired) electrons. The van der Waals surface area contributed by atoms with Gasteiger partial charge < -0.3 is 19.3 Å². The third kappa shape index (κ3) is 4.62. The Hall–Kier alpha value is -3.06. The van der Waals surface area contributed by atoms with E-state index in [0.29, 0.717) is 17.4 Å². The molecule has 7 heteroatoms. The van der Waals surface area contributed by atoms with Gasteiger partial charge in [-0.05, 0) is 51.0 Å². The standard InChI is InChI=1S/C27H31N3O3S/c1-3-29(4-2)21-11-9-19(10-12-21)22-18-34-26(28-22)20-13-15-30(16-14-20)27(31)25-17-32-23-7-5-6-8-24(23)33-25/h5-12,18,20,25H,3-4,13-17H2,1-2H3. The van der Waals surface area contributed by atoms with Crippen molar-refractivity contribution in [2.75, 3.05) is 37.7 Å². The van der Waals surface area contributed by atoms with Gasteiger partial charge >= 0.3 is 0 Å². The first-order valence-corrected chi connectivity index (χ1v) is 13.0. The second-order valence-electron chi connectivity index (χ2n) is 8.75. The smallest absolute Gasteiger partial charge is 0.267 e. The molecule has 3 aromatic rings. The molecule has 178 valence electrons. The van der Waals surface area contributed by atoms with Crippen molar-refractivity contribution in [2.45, 2.75) is 38.7 Å². The minimum atomic E-state index is -0.572. The average Bonchev–Trinajstić information content (AvgIpc) is 3.40. The van der Waals surface area contributed by atoms with Gasteiger partial charge in [0.1, 0.15) is 6.61 Å². The lowest BCUT2D eigenvalue weighted by atomic mass is 9.97. The van der Waals surface area contributed by atoms with Crippen LogP contribution in [0.1, 0.15) is 37.6 Å². The Morgan fingerprint density at radius 2 is 1.76 bits per heavy atom. The van der Waals surface area contributed by atoms with Gasteiger partial charge in [-0.3, -0.25) is 4.79 Å². The number of fused-ring (bicyclic) bond motifs is 1. The number of hydrogen-bond acceptors (Lipinski definition) is 6. The van der Waals surface area contributed by atoms with Gasteiger partial charge in [-0.1, -0.05) is 24.3 Å². The number of rotatable bonds is 6. The number of ether oxygens (including phenoxy) is 2. The van der Waals surface area contributed by atoms with Gasteiger partial charge in [-0.15, -0.1) is 11.3 Å². The summed E-state index contributed by atoms with van der Waals surface area (Å²) in [5.41, 5.74) is 3.44. The molecule has 5 rings (SSSR count). The molecule has 0 saturated carbocycles. The third-order valence-electron chi connectivity index (χ3n) is 6.75. The number of piperidine rings is 1. The summed E-state index contributed by atoms with van der Waals surface area (Å²) < 4.78 is 11.7. The van der Waals surface area contributed by atoms with Crippen molar-refractivity contribution in [3.8, 4) is 22.8 Å². The summed E-state index contributed by atoms with van der Waals surface area (Å²) in [5, 5.41) is 3.32. The largest absolute Gasteiger partial charge is 0.485 e. The molecular weight excluding hydrogens is 446 g/mol. The lowest BCUT2D eigenvalue weighted by Crippen LogP contribution is -2.48. The second kappa shape index (κ2) is 10.1. The zero-order valence-electron chi connectivity index (χ0n) is 19.8. The molecule has 2 aliphatic rings. The highest BCUT2D eigenvalue weighted by molar-refractivity contribution is 7.10. The first kappa shape index (κ1) is 22.7. The van der Waals surface area contributed by atoms with E-state index in [2.05, 4.69) is 48.4 Å². The molecule has 1 unspecified atom stereocenters. The van der Waals surface area contributed by atoms with Gasteiger partial charge in [0.15, 0.2) is 11.5 Å². The quantitative estimate of drug-likeness (QED) is 0.488. The fraction of sp³-hybridized carbons (Fsp3) is 0.407. The molecule has 2 aromatic carbocycles. The molecule has 6 nitrogen and oxygen atoms in total. The normalized spacial score (nSPS) is 18.1. The predicted molar refractivity (Wildman–Crippen MR) is 136 cm³/mol. The fourth-order valence-electron chi connectivity index (χ4n) is 4.73. The molecule has 0 aliphatic carbocycles. The third-order valence-corrected chi connectivity index (χ3v) is 7.76. The van der Waals surface area contributed by atoms with Crippen LogP contribution < -0.4 is 14.4 Å². The van der Waals surface area contributed by atoms with E-state index in [9.17, 15) is 4.79 Å². The topological polar surface area (TPSA) is 54.9 Å². The van der Waals surface area contributed by atoms with Crippen LogP contribution >= 0.6 is 11.3 Å². The van der Waals surface area contributed by atoms with Crippen LogP contribution in [0.4, 0.5) is 5.69 Å². The molecule has 0 spiro atoms. The van der Waals surface area contributed by atoms with Crippen molar-refractivity contribution in [1.29, 1.82) is 0 Å². The number of carbonyl (C=O) groups excluding carboxylic acids is 1. The number of anilines is 1. The number of amides is 1. The van der Waals surface area contributed by atoms with Crippen LogP contribution in [0.25, 0.3) is 11.3 Å². The van der Waals surface area contributed by atoms with E-state index in [1.54, 1.807) is 11.3 Å². The van der Waals surface area contributed by atoms with Crippen LogP contribution in [-0.4, -0.2) is 54.7 Å². The molecule has 2 aliphatic heterocycles. The number of likely N-dealkylation sites (tertiary alicyclic amines) is 1. The zero-order valence-corrected chi connectivity index (χ0v) is 20.6. The highest BCUT2D eigenvalue weighted by Gasteiger charge is 2.33. The molecular formula is C27H31N3O3S. The molecule has 0 N–H and O–H groups in total. The number of nitrogens with zero attached hydrogens (tertiary/aromatic N) is 3. The van der Waals surface area contributed by atoms with Crippen LogP contribution in [0.2, 0.25) is 0 Å². The molecule has 1 saturated heterocycles. The number of thiazole rings is 1. The van der Waals surface area contributed by atoms with E-state index in [4.69, 9.17) is 14.5 Å². The monoisotopic (exact) mass is 477 g/mol. The molecule has 1 aromatic heterocycles. The van der Waals surface area contributed by atoms with Gasteiger partial charge in [0.2, 0.25) is 6.10 Å². The molecule has 3 heterocycles. The fourth-order valence-corrected chi connectivity index (χ4v) is 5.73. The highest BCUT2D eigenvalue weighted by atomic mass is 32.1. The van der Waals surface area contributed by atoms with E-state index >= 15 is 0 Å². The van der Waals surface area contributed by atoms with Crippen molar-refractivity contribution >= 4 is 22.9 Å².